The average Bonchev–Trinajstić information content (AvgIpc) is 3.16. The zero-order valence-electron chi connectivity index (χ0n) is 31.0. The van der Waals surface area contributed by atoms with Crippen LogP contribution in [0, 0.1) is 34.8 Å². The summed E-state index contributed by atoms with van der Waals surface area (Å²) < 4.78 is 34.3. The molecule has 2 amide bonds. The number of ether oxygens (including phenoxy) is 1. The summed E-state index contributed by atoms with van der Waals surface area (Å²) in [5, 5.41) is 11.9. The molecule has 0 fully saturated rings. The van der Waals surface area contributed by atoms with Gasteiger partial charge in [-0.2, -0.15) is 0 Å². The van der Waals surface area contributed by atoms with Gasteiger partial charge in [0, 0.05) is 29.9 Å². The summed E-state index contributed by atoms with van der Waals surface area (Å²) >= 11 is 0. The first-order chi connectivity index (χ1) is 26.5. The topological polar surface area (TPSA) is 191 Å². The lowest BCUT2D eigenvalue weighted by atomic mass is 9.98. The molecule has 1 heterocycles. The van der Waals surface area contributed by atoms with Crippen LogP contribution >= 0.6 is 0 Å². The molecule has 15 nitrogen and oxygen atoms in total. The number of carbonyl (C=O) groups is 3. The summed E-state index contributed by atoms with van der Waals surface area (Å²) in [7, 11) is -4.28. The van der Waals surface area contributed by atoms with Gasteiger partial charge in [0.05, 0.1) is 38.4 Å². The minimum Gasteiger partial charge on any atom is -0.443 e. The Morgan fingerprint density at radius 1 is 0.964 bits per heavy atom. The fourth-order valence-corrected chi connectivity index (χ4v) is 6.55. The number of terminal acetylenes is 1. The van der Waals surface area contributed by atoms with Crippen molar-refractivity contribution in [3.8, 4) is 12.3 Å². The van der Waals surface area contributed by atoms with E-state index in [-0.39, 0.29) is 47.2 Å². The predicted molar refractivity (Wildman–Crippen MR) is 209 cm³/mol. The zero-order valence-corrected chi connectivity index (χ0v) is 31.8. The first-order valence-corrected chi connectivity index (χ1v) is 18.6. The van der Waals surface area contributed by atoms with Crippen molar-refractivity contribution in [2.24, 2.45) is 5.41 Å². The van der Waals surface area contributed by atoms with Gasteiger partial charge >= 0.3 is 5.97 Å². The Morgan fingerprint density at radius 3 is 2.30 bits per heavy atom. The Labute approximate surface area is 322 Å². The summed E-state index contributed by atoms with van der Waals surface area (Å²) in [6.07, 6.45) is 5.72. The van der Waals surface area contributed by atoms with Crippen LogP contribution in [0.2, 0.25) is 0 Å². The quantitative estimate of drug-likeness (QED) is 0.0736. The molecule has 1 N–H and O–H groups in total. The molecule has 5 aromatic rings. The first-order valence-electron chi connectivity index (χ1n) is 17.1. The van der Waals surface area contributed by atoms with Gasteiger partial charge in [0.2, 0.25) is 0 Å². The molecule has 0 spiro atoms. The highest BCUT2D eigenvalue weighted by Crippen LogP contribution is 2.25. The van der Waals surface area contributed by atoms with Gasteiger partial charge in [-0.25, -0.2) is 18.1 Å². The summed E-state index contributed by atoms with van der Waals surface area (Å²) in [4.78, 5) is 70.9. The smallest absolute Gasteiger partial charge is 0.312 e. The van der Waals surface area contributed by atoms with E-state index in [1.807, 2.05) is 9.62 Å². The highest BCUT2D eigenvalue weighted by Gasteiger charge is 2.26. The van der Waals surface area contributed by atoms with Crippen LogP contribution in [0.1, 0.15) is 42.5 Å². The van der Waals surface area contributed by atoms with Crippen molar-refractivity contribution >= 4 is 55.8 Å². The van der Waals surface area contributed by atoms with Gasteiger partial charge < -0.3 is 9.64 Å². The standard InChI is InChI=1S/C40H38N6O9S/c1-6-21-43(24-28-15-20-35-34(22-28)38(49)45(27(2)41-35)26-55-39(50)40(3,4)5)30-18-16-29(17-19-30)37(48)44(31-11-10-12-32(23-31)46(51)52)25-36(47)42-56(53,54)33-13-8-7-9-14-33/h1,7-20,22-23H,21,24-26H2,2-5H3,(H,42,47). The number of amides is 2. The molecule has 0 atom stereocenters. The van der Waals surface area contributed by atoms with Crippen LogP contribution in [-0.2, 0) is 37.6 Å². The van der Waals surface area contributed by atoms with Gasteiger partial charge in [0.25, 0.3) is 33.1 Å². The molecule has 0 radical (unpaired) electrons. The Morgan fingerprint density at radius 2 is 1.66 bits per heavy atom. The molecular formula is C40H38N6O9S. The molecule has 4 aromatic carbocycles. The number of hydrogen-bond acceptors (Lipinski definition) is 11. The number of esters is 1. The maximum absolute atomic E-state index is 14.0. The number of nitrogens with one attached hydrogen (secondary N) is 1. The largest absolute Gasteiger partial charge is 0.443 e. The second kappa shape index (κ2) is 16.7. The highest BCUT2D eigenvalue weighted by atomic mass is 32.2. The Bertz CT molecular complexity index is 2520. The first kappa shape index (κ1) is 40.3. The van der Waals surface area contributed by atoms with E-state index >= 15 is 0 Å². The van der Waals surface area contributed by atoms with Crippen LogP contribution in [0.3, 0.4) is 0 Å². The van der Waals surface area contributed by atoms with Crippen LogP contribution < -0.4 is 20.1 Å². The number of nitro benzene ring substituents is 1. The monoisotopic (exact) mass is 778 g/mol. The van der Waals surface area contributed by atoms with Crippen molar-refractivity contribution in [1.82, 2.24) is 14.3 Å². The summed E-state index contributed by atoms with van der Waals surface area (Å²) in [5.74, 6) is 0.728. The third-order valence-corrected chi connectivity index (χ3v) is 9.87. The highest BCUT2D eigenvalue weighted by molar-refractivity contribution is 7.90. The van der Waals surface area contributed by atoms with Gasteiger partial charge in [-0.05, 0) is 87.9 Å². The molecule has 288 valence electrons. The molecule has 5 rings (SSSR count). The van der Waals surface area contributed by atoms with Gasteiger partial charge in [-0.1, -0.05) is 36.3 Å². The molecule has 0 unspecified atom stereocenters. The second-order valence-electron chi connectivity index (χ2n) is 13.7. The van der Waals surface area contributed by atoms with E-state index < -0.39 is 44.7 Å². The lowest BCUT2D eigenvalue weighted by Crippen LogP contribution is -2.43. The summed E-state index contributed by atoms with van der Waals surface area (Å²) in [5.41, 5.74) is 0.351. The molecule has 0 saturated heterocycles. The number of nitrogens with zero attached hydrogens (tertiary/aromatic N) is 5. The molecule has 0 aliphatic heterocycles. The fourth-order valence-electron chi connectivity index (χ4n) is 5.55. The van der Waals surface area contributed by atoms with E-state index in [0.717, 1.165) is 11.0 Å². The van der Waals surface area contributed by atoms with Crippen molar-refractivity contribution in [3.05, 3.63) is 134 Å². The number of carbonyl (C=O) groups excluding carboxylic acids is 3. The average molecular weight is 779 g/mol. The minimum atomic E-state index is -4.28. The van der Waals surface area contributed by atoms with Crippen LogP contribution in [0.5, 0.6) is 0 Å². The number of hydrogen-bond donors (Lipinski definition) is 1. The number of rotatable bonds is 13. The second-order valence-corrected chi connectivity index (χ2v) is 15.4. The molecular weight excluding hydrogens is 741 g/mol. The Kier molecular flexibility index (Phi) is 12.0. The number of nitro groups is 1. The summed E-state index contributed by atoms with van der Waals surface area (Å²) in [6, 6.07) is 23.6. The zero-order chi connectivity index (χ0) is 40.8. The minimum absolute atomic E-state index is 0.0121. The van der Waals surface area contributed by atoms with Crippen molar-refractivity contribution in [3.63, 3.8) is 0 Å². The normalized spacial score (nSPS) is 11.3. The van der Waals surface area contributed by atoms with E-state index in [0.29, 0.717) is 28.0 Å². The van der Waals surface area contributed by atoms with Crippen LogP contribution in [0.4, 0.5) is 17.1 Å². The number of benzene rings is 4. The number of fused-ring (bicyclic) bond motifs is 1. The lowest BCUT2D eigenvalue weighted by molar-refractivity contribution is -0.384. The van der Waals surface area contributed by atoms with E-state index in [9.17, 15) is 37.7 Å². The number of sulfonamides is 1. The number of anilines is 2. The fraction of sp³-hybridized carbons (Fsp3) is 0.225. The molecule has 16 heteroatoms. The summed E-state index contributed by atoms with van der Waals surface area (Å²) in [6.45, 7) is 6.09. The predicted octanol–water partition coefficient (Wildman–Crippen LogP) is 4.95. The van der Waals surface area contributed by atoms with E-state index in [1.54, 1.807) is 64.1 Å². The molecule has 0 aliphatic carbocycles. The molecule has 0 saturated carbocycles. The van der Waals surface area contributed by atoms with E-state index in [4.69, 9.17) is 11.2 Å². The maximum atomic E-state index is 14.0. The molecule has 0 aliphatic rings. The van der Waals surface area contributed by atoms with Crippen molar-refractivity contribution in [2.75, 3.05) is 22.9 Å². The van der Waals surface area contributed by atoms with Gasteiger partial charge in [0.1, 0.15) is 12.4 Å². The number of non-ortho nitro benzene ring substituents is 1. The molecule has 56 heavy (non-hydrogen) atoms. The maximum Gasteiger partial charge on any atom is 0.312 e. The third kappa shape index (κ3) is 9.43. The lowest BCUT2D eigenvalue weighted by Gasteiger charge is -2.25. The van der Waals surface area contributed by atoms with Crippen molar-refractivity contribution in [1.29, 1.82) is 0 Å². The number of aryl methyl sites for hydroxylation is 1. The SMILES string of the molecule is C#CCN(Cc1ccc2nc(C)n(COC(=O)C(C)(C)C)c(=O)c2c1)c1ccc(C(=O)N(CC(=O)NS(=O)(=O)c2ccccc2)c2cccc([N+](=O)[O-])c2)cc1. The Balaban J connectivity index is 1.40. The molecule has 1 aromatic heterocycles. The van der Waals surface area contributed by atoms with Crippen LogP contribution in [-0.4, -0.2) is 53.8 Å². The van der Waals surface area contributed by atoms with Crippen molar-refractivity contribution in [2.45, 2.75) is 45.9 Å². The van der Waals surface area contributed by atoms with Crippen molar-refractivity contribution < 1.29 is 32.5 Å². The molecule has 0 bridgehead atoms. The van der Waals surface area contributed by atoms with Gasteiger partial charge in [-0.3, -0.25) is 38.8 Å². The van der Waals surface area contributed by atoms with Crippen LogP contribution in [0.15, 0.2) is 107 Å². The Hall–Kier alpha value is -6.86. The third-order valence-electron chi connectivity index (χ3n) is 8.48. The van der Waals surface area contributed by atoms with E-state index in [2.05, 4.69) is 10.9 Å². The van der Waals surface area contributed by atoms with E-state index in [1.165, 1.54) is 59.2 Å². The van der Waals surface area contributed by atoms with Crippen LogP contribution in [0.25, 0.3) is 10.9 Å². The number of aromatic nitrogens is 2. The van der Waals surface area contributed by atoms with Gasteiger partial charge in [0.15, 0.2) is 6.73 Å². The van der Waals surface area contributed by atoms with Gasteiger partial charge in [-0.15, -0.1) is 6.42 Å².